The summed E-state index contributed by atoms with van der Waals surface area (Å²) in [5.74, 6) is 0.951. The topological polar surface area (TPSA) is 77.9 Å². The maximum Gasteiger partial charge on any atom is 0.259 e. The number of amides is 1. The van der Waals surface area contributed by atoms with Gasteiger partial charge >= 0.3 is 0 Å². The van der Waals surface area contributed by atoms with Gasteiger partial charge in [0.2, 0.25) is 0 Å². The Hall–Kier alpha value is -4.30. The van der Waals surface area contributed by atoms with Crippen LogP contribution < -0.4 is 19.7 Å². The molecule has 1 fully saturated rings. The molecule has 0 unspecified atom stereocenters. The normalized spacial score (nSPS) is 13.3. The zero-order valence-electron chi connectivity index (χ0n) is 21.0. The minimum Gasteiger partial charge on any atom is -0.493 e. The van der Waals surface area contributed by atoms with Crippen molar-refractivity contribution in [2.75, 3.05) is 50.7 Å². The van der Waals surface area contributed by atoms with Crippen LogP contribution in [0.3, 0.4) is 0 Å². The van der Waals surface area contributed by atoms with Gasteiger partial charge in [-0.2, -0.15) is 5.10 Å². The van der Waals surface area contributed by atoms with E-state index in [1.165, 1.54) is 0 Å². The van der Waals surface area contributed by atoms with Crippen LogP contribution >= 0.6 is 0 Å². The quantitative estimate of drug-likeness (QED) is 0.379. The van der Waals surface area contributed by atoms with Gasteiger partial charge in [0, 0.05) is 36.2 Å². The predicted molar refractivity (Wildman–Crippen MR) is 144 cm³/mol. The molecule has 0 bridgehead atoms. The third-order valence-corrected chi connectivity index (χ3v) is 6.35. The SMILES string of the molecule is COc1ccc(-c2nn(Cc3ccccc3)cc2C(=O)Nc2ccc(N3CCOCC3)cc2)cc1OC. The molecule has 1 aliphatic heterocycles. The fourth-order valence-corrected chi connectivity index (χ4v) is 4.41. The number of methoxy groups -OCH3 is 2. The van der Waals surface area contributed by atoms with Crippen molar-refractivity contribution >= 4 is 17.3 Å². The molecule has 1 amide bonds. The number of carbonyl (C=O) groups is 1. The molecule has 5 rings (SSSR count). The van der Waals surface area contributed by atoms with E-state index < -0.39 is 0 Å². The molecule has 37 heavy (non-hydrogen) atoms. The molecule has 0 aliphatic carbocycles. The lowest BCUT2D eigenvalue weighted by molar-refractivity contribution is 0.102. The van der Waals surface area contributed by atoms with E-state index >= 15 is 0 Å². The zero-order chi connectivity index (χ0) is 25.6. The summed E-state index contributed by atoms with van der Waals surface area (Å²) in [7, 11) is 3.18. The maximum atomic E-state index is 13.5. The highest BCUT2D eigenvalue weighted by Gasteiger charge is 2.20. The standard InChI is InChI=1S/C29H30N4O4/c1-35-26-13-8-22(18-27(26)36-2)28-25(20-33(31-28)19-21-6-4-3-5-7-21)29(34)30-23-9-11-24(12-10-23)32-14-16-37-17-15-32/h3-13,18,20H,14-17,19H2,1-2H3,(H,30,34). The number of morpholine rings is 1. The van der Waals surface area contributed by atoms with E-state index in [0.717, 1.165) is 48.8 Å². The summed E-state index contributed by atoms with van der Waals surface area (Å²) in [5.41, 5.74) is 4.73. The molecule has 2 heterocycles. The summed E-state index contributed by atoms with van der Waals surface area (Å²) in [6.45, 7) is 3.72. The molecule has 1 aliphatic rings. The van der Waals surface area contributed by atoms with E-state index in [-0.39, 0.29) is 5.91 Å². The van der Waals surface area contributed by atoms with Crippen molar-refractivity contribution in [1.29, 1.82) is 0 Å². The molecular weight excluding hydrogens is 468 g/mol. The summed E-state index contributed by atoms with van der Waals surface area (Å²) < 4.78 is 18.1. The van der Waals surface area contributed by atoms with Crippen LogP contribution in [-0.2, 0) is 11.3 Å². The van der Waals surface area contributed by atoms with Crippen LogP contribution in [-0.4, -0.2) is 56.2 Å². The Kier molecular flexibility index (Phi) is 7.37. The van der Waals surface area contributed by atoms with E-state index in [1.807, 2.05) is 72.8 Å². The molecule has 0 spiro atoms. The monoisotopic (exact) mass is 498 g/mol. The van der Waals surface area contributed by atoms with Crippen molar-refractivity contribution < 1.29 is 19.0 Å². The van der Waals surface area contributed by atoms with Crippen molar-refractivity contribution in [3.8, 4) is 22.8 Å². The van der Waals surface area contributed by atoms with Gasteiger partial charge in [-0.1, -0.05) is 30.3 Å². The molecule has 4 aromatic rings. The number of hydrogen-bond acceptors (Lipinski definition) is 6. The van der Waals surface area contributed by atoms with E-state index in [1.54, 1.807) is 25.1 Å². The van der Waals surface area contributed by atoms with Crippen molar-refractivity contribution in [3.05, 3.63) is 90.1 Å². The first-order valence-corrected chi connectivity index (χ1v) is 12.2. The van der Waals surface area contributed by atoms with Crippen molar-refractivity contribution in [3.63, 3.8) is 0 Å². The number of anilines is 2. The van der Waals surface area contributed by atoms with Gasteiger partial charge in [0.15, 0.2) is 11.5 Å². The van der Waals surface area contributed by atoms with Crippen molar-refractivity contribution in [2.45, 2.75) is 6.54 Å². The van der Waals surface area contributed by atoms with Crippen LogP contribution in [0.25, 0.3) is 11.3 Å². The number of carbonyl (C=O) groups excluding carboxylic acids is 1. The fourth-order valence-electron chi connectivity index (χ4n) is 4.41. The molecule has 1 N–H and O–H groups in total. The first-order chi connectivity index (χ1) is 18.1. The first-order valence-electron chi connectivity index (χ1n) is 12.2. The third kappa shape index (κ3) is 5.59. The lowest BCUT2D eigenvalue weighted by Gasteiger charge is -2.28. The minimum atomic E-state index is -0.233. The van der Waals surface area contributed by atoms with Crippen LogP contribution in [0, 0.1) is 0 Å². The molecular formula is C29H30N4O4. The fraction of sp³-hybridized carbons (Fsp3) is 0.241. The number of nitrogens with one attached hydrogen (secondary N) is 1. The molecule has 1 aromatic heterocycles. The average molecular weight is 499 g/mol. The number of hydrogen-bond donors (Lipinski definition) is 1. The van der Waals surface area contributed by atoms with Crippen LogP contribution in [0.5, 0.6) is 11.5 Å². The van der Waals surface area contributed by atoms with Gasteiger partial charge in [0.25, 0.3) is 5.91 Å². The largest absolute Gasteiger partial charge is 0.493 e. The number of aromatic nitrogens is 2. The lowest BCUT2D eigenvalue weighted by Crippen LogP contribution is -2.36. The Morgan fingerprint density at radius 3 is 2.38 bits per heavy atom. The average Bonchev–Trinajstić information content (AvgIpc) is 3.38. The summed E-state index contributed by atoms with van der Waals surface area (Å²) in [6.07, 6.45) is 1.79. The third-order valence-electron chi connectivity index (χ3n) is 6.35. The predicted octanol–water partition coefficient (Wildman–Crippen LogP) is 4.70. The maximum absolute atomic E-state index is 13.5. The van der Waals surface area contributed by atoms with Crippen LogP contribution in [0.2, 0.25) is 0 Å². The van der Waals surface area contributed by atoms with Gasteiger partial charge in [-0.15, -0.1) is 0 Å². The van der Waals surface area contributed by atoms with Gasteiger partial charge < -0.3 is 24.4 Å². The van der Waals surface area contributed by atoms with Gasteiger partial charge in [-0.05, 0) is 48.0 Å². The minimum absolute atomic E-state index is 0.233. The summed E-state index contributed by atoms with van der Waals surface area (Å²) in [4.78, 5) is 15.8. The lowest BCUT2D eigenvalue weighted by atomic mass is 10.1. The van der Waals surface area contributed by atoms with Crippen molar-refractivity contribution in [2.24, 2.45) is 0 Å². The molecule has 1 saturated heterocycles. The van der Waals surface area contributed by atoms with Gasteiger partial charge in [-0.3, -0.25) is 9.48 Å². The highest BCUT2D eigenvalue weighted by Crippen LogP contribution is 2.33. The van der Waals surface area contributed by atoms with Gasteiger partial charge in [0.05, 0.1) is 39.5 Å². The molecule has 190 valence electrons. The molecule has 0 radical (unpaired) electrons. The second kappa shape index (κ2) is 11.2. The second-order valence-corrected chi connectivity index (χ2v) is 8.74. The van der Waals surface area contributed by atoms with E-state index in [9.17, 15) is 4.79 Å². The molecule has 8 heteroatoms. The second-order valence-electron chi connectivity index (χ2n) is 8.74. The molecule has 3 aromatic carbocycles. The summed E-state index contributed by atoms with van der Waals surface area (Å²) >= 11 is 0. The molecule has 0 atom stereocenters. The highest BCUT2D eigenvalue weighted by molar-refractivity contribution is 6.08. The van der Waals surface area contributed by atoms with E-state index in [4.69, 9.17) is 19.3 Å². The molecule has 0 saturated carbocycles. The van der Waals surface area contributed by atoms with E-state index in [2.05, 4.69) is 10.2 Å². The first kappa shape index (κ1) is 24.4. The van der Waals surface area contributed by atoms with Crippen molar-refractivity contribution in [1.82, 2.24) is 9.78 Å². The number of benzene rings is 3. The van der Waals surface area contributed by atoms with Gasteiger partial charge in [-0.25, -0.2) is 0 Å². The van der Waals surface area contributed by atoms with Crippen LogP contribution in [0.15, 0.2) is 79.0 Å². The number of nitrogens with zero attached hydrogens (tertiary/aromatic N) is 3. The molecule has 8 nitrogen and oxygen atoms in total. The Morgan fingerprint density at radius 1 is 0.946 bits per heavy atom. The zero-order valence-corrected chi connectivity index (χ0v) is 21.0. The Labute approximate surface area is 216 Å². The Morgan fingerprint density at radius 2 is 1.68 bits per heavy atom. The van der Waals surface area contributed by atoms with Crippen LogP contribution in [0.1, 0.15) is 15.9 Å². The smallest absolute Gasteiger partial charge is 0.259 e. The van der Waals surface area contributed by atoms with E-state index in [0.29, 0.717) is 29.3 Å². The summed E-state index contributed by atoms with van der Waals surface area (Å²) in [5, 5.41) is 7.82. The summed E-state index contributed by atoms with van der Waals surface area (Å²) in [6, 6.07) is 23.4. The number of ether oxygens (including phenoxy) is 3. The van der Waals surface area contributed by atoms with Gasteiger partial charge in [0.1, 0.15) is 5.69 Å². The Balaban J connectivity index is 1.43. The number of rotatable bonds is 8. The van der Waals surface area contributed by atoms with Crippen LogP contribution in [0.4, 0.5) is 11.4 Å². The Bertz CT molecular complexity index is 1350. The highest BCUT2D eigenvalue weighted by atomic mass is 16.5.